The van der Waals surface area contributed by atoms with Gasteiger partial charge in [0.2, 0.25) is 5.95 Å². The van der Waals surface area contributed by atoms with Gasteiger partial charge in [-0.2, -0.15) is 10.2 Å². The van der Waals surface area contributed by atoms with E-state index < -0.39 is 0 Å². The Morgan fingerprint density at radius 3 is 2.40 bits per heavy atom. The lowest BCUT2D eigenvalue weighted by atomic mass is 10.2. The molecule has 0 bridgehead atoms. The van der Waals surface area contributed by atoms with Crippen LogP contribution in [0.2, 0.25) is 0 Å². The molecule has 0 atom stereocenters. The van der Waals surface area contributed by atoms with E-state index in [9.17, 15) is 0 Å². The topological polar surface area (TPSA) is 73.6 Å². The van der Waals surface area contributed by atoms with Crippen LogP contribution < -0.4 is 10.6 Å². The zero-order chi connectivity index (χ0) is 17.8. The van der Waals surface area contributed by atoms with E-state index >= 15 is 0 Å². The molecule has 0 aliphatic carbocycles. The summed E-state index contributed by atoms with van der Waals surface area (Å²) < 4.78 is 1.03. The molecule has 0 amide bonds. The molecule has 3 aromatic rings. The van der Waals surface area contributed by atoms with Crippen LogP contribution in [0.3, 0.4) is 0 Å². The van der Waals surface area contributed by atoms with Crippen LogP contribution in [-0.4, -0.2) is 9.97 Å². The lowest BCUT2D eigenvalue weighted by Crippen LogP contribution is -2.03. The van der Waals surface area contributed by atoms with Crippen LogP contribution in [0.1, 0.15) is 16.8 Å². The highest BCUT2D eigenvalue weighted by Crippen LogP contribution is 2.24. The molecular formula is C19H16BrN5. The van der Waals surface area contributed by atoms with Gasteiger partial charge >= 0.3 is 0 Å². The van der Waals surface area contributed by atoms with Gasteiger partial charge in [-0.15, -0.1) is 0 Å². The van der Waals surface area contributed by atoms with Gasteiger partial charge in [0.1, 0.15) is 5.82 Å². The zero-order valence-electron chi connectivity index (χ0n) is 13.8. The number of hydrogen-bond donors (Lipinski definition) is 2. The van der Waals surface area contributed by atoms with Crippen molar-refractivity contribution in [1.29, 1.82) is 5.26 Å². The fraction of sp³-hybridized carbons (Fsp3) is 0.105. The van der Waals surface area contributed by atoms with Gasteiger partial charge in [-0.1, -0.05) is 15.9 Å². The third kappa shape index (κ3) is 4.34. The van der Waals surface area contributed by atoms with Gasteiger partial charge in [-0.05, 0) is 61.9 Å². The van der Waals surface area contributed by atoms with E-state index in [-0.39, 0.29) is 0 Å². The van der Waals surface area contributed by atoms with Crippen LogP contribution in [0.4, 0.5) is 23.1 Å². The molecule has 2 aromatic carbocycles. The van der Waals surface area contributed by atoms with Crippen molar-refractivity contribution in [1.82, 2.24) is 9.97 Å². The Kier molecular flexibility index (Phi) is 4.96. The van der Waals surface area contributed by atoms with Gasteiger partial charge in [0, 0.05) is 27.6 Å². The van der Waals surface area contributed by atoms with Gasteiger partial charge in [0.05, 0.1) is 11.6 Å². The molecular weight excluding hydrogens is 378 g/mol. The fourth-order valence-corrected chi connectivity index (χ4v) is 2.83. The van der Waals surface area contributed by atoms with E-state index in [1.165, 1.54) is 0 Å². The molecule has 0 saturated heterocycles. The van der Waals surface area contributed by atoms with Gasteiger partial charge in [-0.3, -0.25) is 0 Å². The normalized spacial score (nSPS) is 10.2. The number of rotatable bonds is 4. The van der Waals surface area contributed by atoms with Crippen molar-refractivity contribution in [3.8, 4) is 6.07 Å². The number of nitrogens with one attached hydrogen (secondary N) is 2. The minimum absolute atomic E-state index is 0.529. The van der Waals surface area contributed by atoms with Crippen LogP contribution in [0, 0.1) is 25.2 Å². The summed E-state index contributed by atoms with van der Waals surface area (Å²) in [5, 5.41) is 15.4. The number of benzene rings is 2. The molecule has 1 heterocycles. The Hall–Kier alpha value is -2.91. The second kappa shape index (κ2) is 7.32. The van der Waals surface area contributed by atoms with E-state index in [4.69, 9.17) is 5.26 Å². The summed E-state index contributed by atoms with van der Waals surface area (Å²) >= 11 is 3.46. The van der Waals surface area contributed by atoms with Gasteiger partial charge < -0.3 is 10.6 Å². The van der Waals surface area contributed by atoms with Crippen molar-refractivity contribution in [2.75, 3.05) is 10.6 Å². The molecule has 2 N–H and O–H groups in total. The molecule has 3 rings (SSSR count). The number of anilines is 4. The van der Waals surface area contributed by atoms with Crippen molar-refractivity contribution in [2.45, 2.75) is 13.8 Å². The smallest absolute Gasteiger partial charge is 0.229 e. The molecule has 0 spiro atoms. The highest BCUT2D eigenvalue weighted by Gasteiger charge is 2.06. The minimum Gasteiger partial charge on any atom is -0.340 e. The Balaban J connectivity index is 1.83. The maximum Gasteiger partial charge on any atom is 0.229 e. The van der Waals surface area contributed by atoms with Crippen LogP contribution in [0.25, 0.3) is 0 Å². The first-order chi connectivity index (χ1) is 12.0. The molecule has 0 aliphatic rings. The highest BCUT2D eigenvalue weighted by atomic mass is 79.9. The first-order valence-corrected chi connectivity index (χ1v) is 8.49. The predicted molar refractivity (Wildman–Crippen MR) is 103 cm³/mol. The van der Waals surface area contributed by atoms with Crippen LogP contribution >= 0.6 is 15.9 Å². The van der Waals surface area contributed by atoms with E-state index in [1.807, 2.05) is 50.2 Å². The number of hydrogen-bond acceptors (Lipinski definition) is 5. The van der Waals surface area contributed by atoms with E-state index in [1.54, 1.807) is 12.1 Å². The van der Waals surface area contributed by atoms with Crippen molar-refractivity contribution < 1.29 is 0 Å². The number of aryl methyl sites for hydroxylation is 2. The van der Waals surface area contributed by atoms with Crippen molar-refractivity contribution >= 4 is 39.1 Å². The maximum atomic E-state index is 8.87. The summed E-state index contributed by atoms with van der Waals surface area (Å²) in [5.41, 5.74) is 4.39. The fourth-order valence-electron chi connectivity index (χ4n) is 2.35. The van der Waals surface area contributed by atoms with Crippen LogP contribution in [0.15, 0.2) is 53.0 Å². The standard InChI is InChI=1S/C19H16BrN5/c1-12-9-15(20)5-8-17(12)24-19-22-13(2)10-18(25-19)23-16-6-3-14(11-21)4-7-16/h3-10H,1-2H3,(H2,22,23,24,25). The van der Waals surface area contributed by atoms with E-state index in [0.29, 0.717) is 17.3 Å². The lowest BCUT2D eigenvalue weighted by Gasteiger charge is -2.12. The average molecular weight is 394 g/mol. The maximum absolute atomic E-state index is 8.87. The SMILES string of the molecule is Cc1cc(Nc2ccc(C#N)cc2)nc(Nc2ccc(Br)cc2C)n1. The summed E-state index contributed by atoms with van der Waals surface area (Å²) in [6.07, 6.45) is 0. The molecule has 5 nitrogen and oxygen atoms in total. The third-order valence-electron chi connectivity index (χ3n) is 3.58. The summed E-state index contributed by atoms with van der Waals surface area (Å²) in [4.78, 5) is 8.96. The Morgan fingerprint density at radius 2 is 1.72 bits per heavy atom. The molecule has 0 radical (unpaired) electrons. The zero-order valence-corrected chi connectivity index (χ0v) is 15.4. The second-order valence-electron chi connectivity index (χ2n) is 5.62. The van der Waals surface area contributed by atoms with E-state index in [2.05, 4.69) is 42.6 Å². The first-order valence-electron chi connectivity index (χ1n) is 7.69. The molecule has 1 aromatic heterocycles. The average Bonchev–Trinajstić information content (AvgIpc) is 2.58. The summed E-state index contributed by atoms with van der Waals surface area (Å²) in [7, 11) is 0. The third-order valence-corrected chi connectivity index (χ3v) is 4.07. The number of nitrogens with zero attached hydrogens (tertiary/aromatic N) is 3. The van der Waals surface area contributed by atoms with Crippen molar-refractivity contribution in [2.24, 2.45) is 0 Å². The number of aromatic nitrogens is 2. The minimum atomic E-state index is 0.529. The molecule has 0 fully saturated rings. The summed E-state index contributed by atoms with van der Waals surface area (Å²) in [6, 6.07) is 17.2. The van der Waals surface area contributed by atoms with Crippen molar-refractivity contribution in [3.63, 3.8) is 0 Å². The highest BCUT2D eigenvalue weighted by molar-refractivity contribution is 9.10. The van der Waals surface area contributed by atoms with E-state index in [0.717, 1.165) is 27.1 Å². The first kappa shape index (κ1) is 16.9. The van der Waals surface area contributed by atoms with Gasteiger partial charge in [0.15, 0.2) is 0 Å². The predicted octanol–water partition coefficient (Wildman–Crippen LogP) is 5.21. The quantitative estimate of drug-likeness (QED) is 0.635. The molecule has 0 aliphatic heterocycles. The number of halogens is 1. The second-order valence-corrected chi connectivity index (χ2v) is 6.53. The Labute approximate surface area is 154 Å². The van der Waals surface area contributed by atoms with Crippen molar-refractivity contribution in [3.05, 3.63) is 69.8 Å². The Morgan fingerprint density at radius 1 is 0.960 bits per heavy atom. The summed E-state index contributed by atoms with van der Waals surface area (Å²) in [5.74, 6) is 1.22. The molecule has 0 saturated carbocycles. The molecule has 0 unspecified atom stereocenters. The molecule has 6 heteroatoms. The largest absolute Gasteiger partial charge is 0.340 e. The Bertz CT molecular complexity index is 945. The monoisotopic (exact) mass is 393 g/mol. The lowest BCUT2D eigenvalue weighted by molar-refractivity contribution is 1.10. The van der Waals surface area contributed by atoms with Crippen LogP contribution in [-0.2, 0) is 0 Å². The van der Waals surface area contributed by atoms with Gasteiger partial charge in [-0.25, -0.2) is 4.98 Å². The molecule has 124 valence electrons. The van der Waals surface area contributed by atoms with Gasteiger partial charge in [0.25, 0.3) is 0 Å². The summed E-state index contributed by atoms with van der Waals surface area (Å²) in [6.45, 7) is 3.95. The molecule has 25 heavy (non-hydrogen) atoms. The van der Waals surface area contributed by atoms with Crippen LogP contribution in [0.5, 0.6) is 0 Å². The number of nitriles is 1.